The number of nitrogens with one attached hydrogen (secondary N) is 2. The van der Waals surface area contributed by atoms with Crippen LogP contribution in [-0.2, 0) is 37.0 Å². The summed E-state index contributed by atoms with van der Waals surface area (Å²) in [5.41, 5.74) is 6.46. The number of hydrogen-bond acceptors (Lipinski definition) is 7. The van der Waals surface area contributed by atoms with Crippen molar-refractivity contribution in [1.82, 2.24) is 5.32 Å². The highest BCUT2D eigenvalue weighted by Crippen LogP contribution is 2.40. The summed E-state index contributed by atoms with van der Waals surface area (Å²) in [6.45, 7) is 1.85. The average Bonchev–Trinajstić information content (AvgIpc) is 3.12. The molecule has 49 heavy (non-hydrogen) atoms. The van der Waals surface area contributed by atoms with Crippen LogP contribution in [0.3, 0.4) is 0 Å². The molecule has 0 unspecified atom stereocenters. The highest BCUT2D eigenvalue weighted by molar-refractivity contribution is 7.99. The third-order valence-electron chi connectivity index (χ3n) is 8.18. The standard InChI is InChI=1S/C39H42N2O7S/c1-26(43)41-33-16-18-35(19-17-33)49-25-34-22-36(29-14-12-27(24-42)13-15-29)48-39(47-34)32-9-5-8-31(21-32)30-7-4-6-28(20-30)23-40-37(44)10-2-3-11-38(45)46/h4-9,12-21,34,36,39,42H,2-3,10-11,22-25H2,1H3,(H,40,44)(H,41,43)(H,45,46)/t34-,36+,39+/m0/s1. The molecule has 10 heteroatoms. The Morgan fingerprint density at radius 2 is 1.53 bits per heavy atom. The van der Waals surface area contributed by atoms with Crippen molar-refractivity contribution >= 4 is 35.2 Å². The van der Waals surface area contributed by atoms with E-state index in [1.54, 1.807) is 11.8 Å². The minimum Gasteiger partial charge on any atom is -0.481 e. The molecule has 2 amide bonds. The van der Waals surface area contributed by atoms with Crippen LogP contribution in [0.2, 0.25) is 0 Å². The van der Waals surface area contributed by atoms with Crippen molar-refractivity contribution in [3.63, 3.8) is 0 Å². The van der Waals surface area contributed by atoms with Gasteiger partial charge in [0.2, 0.25) is 11.8 Å². The molecule has 1 fully saturated rings. The first-order valence-electron chi connectivity index (χ1n) is 16.4. The molecule has 1 aliphatic rings. The summed E-state index contributed by atoms with van der Waals surface area (Å²) < 4.78 is 13.2. The summed E-state index contributed by atoms with van der Waals surface area (Å²) in [5.74, 6) is -0.348. The number of aliphatic hydroxyl groups is 1. The molecular weight excluding hydrogens is 641 g/mol. The highest BCUT2D eigenvalue weighted by atomic mass is 32.2. The molecule has 0 bridgehead atoms. The van der Waals surface area contributed by atoms with Crippen molar-refractivity contribution in [2.75, 3.05) is 11.1 Å². The van der Waals surface area contributed by atoms with Gasteiger partial charge in [0, 0.05) is 54.6 Å². The van der Waals surface area contributed by atoms with Gasteiger partial charge in [-0.25, -0.2) is 0 Å². The number of benzene rings is 4. The number of carbonyl (C=O) groups is 3. The van der Waals surface area contributed by atoms with E-state index in [0.29, 0.717) is 38.0 Å². The first kappa shape index (κ1) is 35.8. The number of amides is 2. The van der Waals surface area contributed by atoms with Gasteiger partial charge in [0.25, 0.3) is 0 Å². The van der Waals surface area contributed by atoms with E-state index in [2.05, 4.69) is 22.8 Å². The number of carboxylic acid groups (broad SMARTS) is 1. The van der Waals surface area contributed by atoms with Crippen LogP contribution < -0.4 is 10.6 Å². The zero-order valence-electron chi connectivity index (χ0n) is 27.5. The summed E-state index contributed by atoms with van der Waals surface area (Å²) in [4.78, 5) is 35.4. The normalized spacial score (nSPS) is 17.3. The lowest BCUT2D eigenvalue weighted by Gasteiger charge is -2.36. The summed E-state index contributed by atoms with van der Waals surface area (Å²) in [5, 5.41) is 24.1. The molecule has 0 aromatic heterocycles. The maximum atomic E-state index is 12.3. The summed E-state index contributed by atoms with van der Waals surface area (Å²) in [6.07, 6.45) is 1.13. The molecule has 3 atom stereocenters. The third kappa shape index (κ3) is 11.0. The van der Waals surface area contributed by atoms with E-state index < -0.39 is 12.3 Å². The number of carbonyl (C=O) groups excluding carboxylic acids is 2. The second-order valence-electron chi connectivity index (χ2n) is 12.1. The van der Waals surface area contributed by atoms with Gasteiger partial charge in [-0.1, -0.05) is 60.7 Å². The largest absolute Gasteiger partial charge is 0.481 e. The molecule has 0 saturated carbocycles. The van der Waals surface area contributed by atoms with Gasteiger partial charge in [-0.05, 0) is 77.1 Å². The van der Waals surface area contributed by atoms with Crippen molar-refractivity contribution in [3.8, 4) is 11.1 Å². The van der Waals surface area contributed by atoms with Crippen LogP contribution in [0.15, 0.2) is 102 Å². The van der Waals surface area contributed by atoms with Crippen molar-refractivity contribution in [2.45, 2.75) is 75.6 Å². The molecule has 0 spiro atoms. The van der Waals surface area contributed by atoms with E-state index in [1.807, 2.05) is 84.9 Å². The molecule has 0 aliphatic carbocycles. The van der Waals surface area contributed by atoms with Gasteiger partial charge in [-0.3, -0.25) is 14.4 Å². The van der Waals surface area contributed by atoms with Crippen LogP contribution >= 0.6 is 11.8 Å². The van der Waals surface area contributed by atoms with Crippen LogP contribution in [0.25, 0.3) is 11.1 Å². The minimum absolute atomic E-state index is 0.0213. The summed E-state index contributed by atoms with van der Waals surface area (Å²) in [7, 11) is 0. The predicted octanol–water partition coefficient (Wildman–Crippen LogP) is 7.40. The molecule has 4 N–H and O–H groups in total. The lowest BCUT2D eigenvalue weighted by atomic mass is 9.99. The van der Waals surface area contributed by atoms with E-state index in [9.17, 15) is 19.5 Å². The molecule has 5 rings (SSSR count). The Bertz CT molecular complexity index is 1710. The van der Waals surface area contributed by atoms with Gasteiger partial charge < -0.3 is 30.3 Å². The Kier molecular flexibility index (Phi) is 13.0. The van der Waals surface area contributed by atoms with Gasteiger partial charge in [0.1, 0.15) is 0 Å². The van der Waals surface area contributed by atoms with Crippen molar-refractivity contribution < 1.29 is 34.1 Å². The first-order chi connectivity index (χ1) is 23.7. The van der Waals surface area contributed by atoms with Gasteiger partial charge in [-0.2, -0.15) is 0 Å². The maximum absolute atomic E-state index is 12.3. The molecule has 4 aromatic rings. The zero-order chi connectivity index (χ0) is 34.6. The van der Waals surface area contributed by atoms with Crippen LogP contribution in [0, 0.1) is 0 Å². The Balaban J connectivity index is 1.28. The van der Waals surface area contributed by atoms with Gasteiger partial charge in [-0.15, -0.1) is 11.8 Å². The Morgan fingerprint density at radius 3 is 2.24 bits per heavy atom. The third-order valence-corrected chi connectivity index (χ3v) is 9.32. The maximum Gasteiger partial charge on any atom is 0.303 e. The second-order valence-corrected chi connectivity index (χ2v) is 13.2. The first-order valence-corrected chi connectivity index (χ1v) is 17.4. The second kappa shape index (κ2) is 17.8. The molecule has 0 radical (unpaired) electrons. The van der Waals surface area contributed by atoms with E-state index in [4.69, 9.17) is 14.6 Å². The zero-order valence-corrected chi connectivity index (χ0v) is 28.3. The number of thioether (sulfide) groups is 1. The fourth-order valence-corrected chi connectivity index (χ4v) is 6.55. The lowest BCUT2D eigenvalue weighted by molar-refractivity contribution is -0.245. The van der Waals surface area contributed by atoms with E-state index in [1.165, 1.54) is 6.92 Å². The van der Waals surface area contributed by atoms with Crippen molar-refractivity contribution in [2.24, 2.45) is 0 Å². The predicted molar refractivity (Wildman–Crippen MR) is 190 cm³/mol. The average molecular weight is 683 g/mol. The smallest absolute Gasteiger partial charge is 0.303 e. The topological polar surface area (TPSA) is 134 Å². The summed E-state index contributed by atoms with van der Waals surface area (Å²) >= 11 is 1.69. The van der Waals surface area contributed by atoms with E-state index in [0.717, 1.165) is 44.0 Å². The lowest BCUT2D eigenvalue weighted by Crippen LogP contribution is -2.31. The molecular formula is C39H42N2O7S. The van der Waals surface area contributed by atoms with Crippen molar-refractivity contribution in [1.29, 1.82) is 0 Å². The Hall–Kier alpha value is -4.48. The van der Waals surface area contributed by atoms with Crippen molar-refractivity contribution in [3.05, 3.63) is 119 Å². The fraction of sp³-hybridized carbons (Fsp3) is 0.308. The number of hydrogen-bond donors (Lipinski definition) is 4. The van der Waals surface area contributed by atoms with E-state index in [-0.39, 0.29) is 37.0 Å². The minimum atomic E-state index is -0.849. The van der Waals surface area contributed by atoms with Gasteiger partial charge in [0.05, 0.1) is 18.8 Å². The Morgan fingerprint density at radius 1 is 0.816 bits per heavy atom. The fourth-order valence-electron chi connectivity index (χ4n) is 5.63. The number of ether oxygens (including phenoxy) is 2. The highest BCUT2D eigenvalue weighted by Gasteiger charge is 2.32. The van der Waals surface area contributed by atoms with Crippen LogP contribution in [0.1, 0.15) is 73.7 Å². The number of unbranched alkanes of at least 4 members (excludes halogenated alkanes) is 1. The number of anilines is 1. The van der Waals surface area contributed by atoms with Gasteiger partial charge >= 0.3 is 5.97 Å². The number of aliphatic hydroxyl groups excluding tert-OH is 1. The molecule has 1 saturated heterocycles. The van der Waals surface area contributed by atoms with Gasteiger partial charge in [0.15, 0.2) is 6.29 Å². The van der Waals surface area contributed by atoms with Crippen LogP contribution in [0.5, 0.6) is 0 Å². The number of rotatable bonds is 15. The van der Waals surface area contributed by atoms with Crippen LogP contribution in [-0.4, -0.2) is 39.9 Å². The molecule has 1 aliphatic heterocycles. The number of aliphatic carboxylic acids is 1. The monoisotopic (exact) mass is 682 g/mol. The number of carboxylic acids is 1. The molecule has 4 aromatic carbocycles. The molecule has 9 nitrogen and oxygen atoms in total. The SMILES string of the molecule is CC(=O)Nc1ccc(SC[C@@H]2C[C@H](c3ccc(CO)cc3)O[C@H](c3cccc(-c4cccc(CNC(=O)CCCCC(=O)O)c4)c3)O2)cc1. The molecule has 1 heterocycles. The summed E-state index contributed by atoms with van der Waals surface area (Å²) in [6, 6.07) is 31.7. The molecule has 256 valence electrons. The Labute approximate surface area is 291 Å². The van der Waals surface area contributed by atoms with E-state index >= 15 is 0 Å². The quantitative estimate of drug-likeness (QED) is 0.0753. The van der Waals surface area contributed by atoms with Crippen LogP contribution in [0.4, 0.5) is 5.69 Å².